The van der Waals surface area contributed by atoms with E-state index in [9.17, 15) is 22.8 Å². The summed E-state index contributed by atoms with van der Waals surface area (Å²) >= 11 is 6.54. The molecule has 0 bridgehead atoms. The number of nitrogens with zero attached hydrogens (tertiary/aromatic N) is 8. The van der Waals surface area contributed by atoms with Crippen molar-refractivity contribution in [3.63, 3.8) is 0 Å². The Labute approximate surface area is 260 Å². The topological polar surface area (TPSA) is 150 Å². The number of hydrogen-bond acceptors (Lipinski definition) is 8. The molecule has 3 aromatic heterocycles. The summed E-state index contributed by atoms with van der Waals surface area (Å²) in [5, 5.41) is 15.7. The average Bonchev–Trinajstić information content (AvgIpc) is 3.75. The van der Waals surface area contributed by atoms with Crippen LogP contribution in [0.5, 0.6) is 0 Å². The van der Waals surface area contributed by atoms with Crippen LogP contribution in [0.25, 0.3) is 16.9 Å². The van der Waals surface area contributed by atoms with E-state index in [0.717, 1.165) is 23.7 Å². The molecule has 234 valence electrons. The normalized spacial score (nSPS) is 18.8. The molecule has 6 rings (SSSR count). The lowest BCUT2D eigenvalue weighted by atomic mass is 10.1. The van der Waals surface area contributed by atoms with E-state index in [1.165, 1.54) is 23.0 Å². The highest BCUT2D eigenvalue weighted by molar-refractivity contribution is 6.34. The molecule has 1 saturated heterocycles. The minimum atomic E-state index is -4.75. The van der Waals surface area contributed by atoms with Gasteiger partial charge in [-0.3, -0.25) is 18.7 Å². The summed E-state index contributed by atoms with van der Waals surface area (Å²) in [5.74, 6) is 0.0426. The first kappa shape index (κ1) is 30.4. The number of halogens is 4. The summed E-state index contributed by atoms with van der Waals surface area (Å²) in [5.41, 5.74) is 5.72. The SMILES string of the molecule is N#CCn1cc(-c2cnc3c(Nc4ccc(C(=O)N5CCN(C(=O)[C@H]6CC[C@@H](N)C6)CC5)c(Cl)c4)nccn23)c(C(F)(F)F)n1. The van der Waals surface area contributed by atoms with Crippen molar-refractivity contribution in [2.75, 3.05) is 31.5 Å². The van der Waals surface area contributed by atoms with E-state index in [1.54, 1.807) is 34.1 Å². The van der Waals surface area contributed by atoms with Crippen LogP contribution in [0.4, 0.5) is 24.7 Å². The number of amides is 2. The van der Waals surface area contributed by atoms with Gasteiger partial charge in [-0.2, -0.15) is 23.5 Å². The van der Waals surface area contributed by atoms with Gasteiger partial charge >= 0.3 is 6.18 Å². The number of hydrogen-bond donors (Lipinski definition) is 2. The minimum absolute atomic E-state index is 0.0450. The van der Waals surface area contributed by atoms with Crippen LogP contribution in [-0.2, 0) is 17.5 Å². The second kappa shape index (κ2) is 12.0. The molecule has 16 heteroatoms. The molecule has 4 heterocycles. The van der Waals surface area contributed by atoms with Gasteiger partial charge in [0.05, 0.1) is 34.1 Å². The molecule has 1 aromatic carbocycles. The number of aromatic nitrogens is 5. The van der Waals surface area contributed by atoms with Gasteiger partial charge in [0.15, 0.2) is 17.2 Å². The first-order valence-electron chi connectivity index (χ1n) is 14.3. The maximum absolute atomic E-state index is 13.8. The molecule has 2 amide bonds. The lowest BCUT2D eigenvalue weighted by molar-refractivity contribution is -0.141. The number of benzene rings is 1. The van der Waals surface area contributed by atoms with Crippen LogP contribution in [0, 0.1) is 17.2 Å². The van der Waals surface area contributed by atoms with Gasteiger partial charge in [0, 0.05) is 62.4 Å². The van der Waals surface area contributed by atoms with Gasteiger partial charge < -0.3 is 20.9 Å². The zero-order valence-corrected chi connectivity index (χ0v) is 24.6. The molecule has 1 aliphatic carbocycles. The molecule has 0 spiro atoms. The summed E-state index contributed by atoms with van der Waals surface area (Å²) in [6, 6.07) is 6.64. The predicted octanol–water partition coefficient (Wildman–Crippen LogP) is 3.94. The lowest BCUT2D eigenvalue weighted by Gasteiger charge is -2.36. The number of carbonyl (C=O) groups excluding carboxylic acids is 2. The summed E-state index contributed by atoms with van der Waals surface area (Å²) in [7, 11) is 0. The highest BCUT2D eigenvalue weighted by Gasteiger charge is 2.38. The number of alkyl halides is 3. The van der Waals surface area contributed by atoms with Crippen molar-refractivity contribution in [1.29, 1.82) is 5.26 Å². The zero-order chi connectivity index (χ0) is 31.9. The molecule has 1 saturated carbocycles. The van der Waals surface area contributed by atoms with Gasteiger partial charge in [0.1, 0.15) is 6.54 Å². The van der Waals surface area contributed by atoms with Gasteiger partial charge in [0.25, 0.3) is 5.91 Å². The Kier molecular flexibility index (Phi) is 8.10. The fourth-order valence-corrected chi connectivity index (χ4v) is 6.14. The Bertz CT molecular complexity index is 1810. The maximum Gasteiger partial charge on any atom is 0.435 e. The third kappa shape index (κ3) is 6.03. The second-order valence-corrected chi connectivity index (χ2v) is 11.5. The number of nitrogens with one attached hydrogen (secondary N) is 1. The molecule has 45 heavy (non-hydrogen) atoms. The molecule has 12 nitrogen and oxygen atoms in total. The maximum atomic E-state index is 13.8. The Morgan fingerprint density at radius 3 is 2.56 bits per heavy atom. The number of rotatable bonds is 6. The van der Waals surface area contributed by atoms with Gasteiger partial charge in [-0.1, -0.05) is 11.6 Å². The Hall–Kier alpha value is -4.68. The Balaban J connectivity index is 1.17. The summed E-state index contributed by atoms with van der Waals surface area (Å²) in [6.07, 6.45) is 2.90. The predicted molar refractivity (Wildman–Crippen MR) is 157 cm³/mol. The van der Waals surface area contributed by atoms with Crippen molar-refractivity contribution in [2.45, 2.75) is 38.0 Å². The summed E-state index contributed by atoms with van der Waals surface area (Å²) in [4.78, 5) is 38.2. The monoisotopic (exact) mass is 640 g/mol. The summed E-state index contributed by atoms with van der Waals surface area (Å²) < 4.78 is 43.6. The largest absolute Gasteiger partial charge is 0.435 e. The van der Waals surface area contributed by atoms with Gasteiger partial charge in [-0.25, -0.2) is 9.97 Å². The van der Waals surface area contributed by atoms with Crippen molar-refractivity contribution in [3.8, 4) is 17.3 Å². The third-order valence-electron chi connectivity index (χ3n) is 8.13. The van der Waals surface area contributed by atoms with Crippen molar-refractivity contribution in [3.05, 3.63) is 59.3 Å². The number of nitrogens with two attached hydrogens (primary N) is 1. The highest BCUT2D eigenvalue weighted by atomic mass is 35.5. The van der Waals surface area contributed by atoms with Crippen LogP contribution in [0.1, 0.15) is 35.3 Å². The van der Waals surface area contributed by atoms with Crippen molar-refractivity contribution < 1.29 is 22.8 Å². The van der Waals surface area contributed by atoms with E-state index in [0.29, 0.717) is 43.9 Å². The van der Waals surface area contributed by atoms with Crippen LogP contribution in [0.3, 0.4) is 0 Å². The van der Waals surface area contributed by atoms with E-state index in [4.69, 9.17) is 22.6 Å². The molecule has 0 radical (unpaired) electrons. The summed E-state index contributed by atoms with van der Waals surface area (Å²) in [6.45, 7) is 1.32. The fraction of sp³-hybridized carbons (Fsp3) is 0.379. The van der Waals surface area contributed by atoms with Crippen LogP contribution < -0.4 is 11.1 Å². The number of anilines is 2. The quantitative estimate of drug-likeness (QED) is 0.322. The van der Waals surface area contributed by atoms with E-state index in [2.05, 4.69) is 20.4 Å². The van der Waals surface area contributed by atoms with E-state index < -0.39 is 11.9 Å². The van der Waals surface area contributed by atoms with Gasteiger partial charge in [-0.15, -0.1) is 0 Å². The number of imidazole rings is 1. The number of nitriles is 1. The molecule has 2 fully saturated rings. The molecule has 1 aliphatic heterocycles. The molecular weight excluding hydrogens is 613 g/mol. The molecule has 2 aliphatic rings. The number of fused-ring (bicyclic) bond motifs is 1. The van der Waals surface area contributed by atoms with Gasteiger partial charge in [-0.05, 0) is 37.5 Å². The number of piperazine rings is 1. The van der Waals surface area contributed by atoms with Crippen molar-refractivity contribution >= 4 is 40.6 Å². The number of carbonyl (C=O) groups is 2. The molecule has 0 unspecified atom stereocenters. The molecule has 2 atom stereocenters. The van der Waals surface area contributed by atoms with Crippen LogP contribution in [0.2, 0.25) is 5.02 Å². The van der Waals surface area contributed by atoms with E-state index in [1.807, 2.05) is 0 Å². The Morgan fingerprint density at radius 2 is 1.89 bits per heavy atom. The minimum Gasteiger partial charge on any atom is -0.339 e. The van der Waals surface area contributed by atoms with E-state index >= 15 is 0 Å². The smallest absolute Gasteiger partial charge is 0.339 e. The van der Waals surface area contributed by atoms with Crippen LogP contribution in [-0.4, -0.2) is 78.0 Å². The molecule has 4 aromatic rings. The highest BCUT2D eigenvalue weighted by Crippen LogP contribution is 2.37. The average molecular weight is 641 g/mol. The van der Waals surface area contributed by atoms with Crippen LogP contribution >= 0.6 is 11.6 Å². The fourth-order valence-electron chi connectivity index (χ4n) is 5.88. The molecule has 3 N–H and O–H groups in total. The standard InChI is InChI=1S/C29H28ClF3N10O2/c30-22-14-19(3-4-20(22)28(45)41-11-9-40(10-12-41)27(44)17-1-2-18(35)13-17)38-25-26-37-15-23(43(26)8-6-36-25)21-16-42(7-5-34)39-24(21)29(31,32)33/h3-4,6,8,14-18H,1-2,7,9-13,35H2,(H,36,38)/t17-,18+/m0/s1. The van der Waals surface area contributed by atoms with Crippen LogP contribution in [0.15, 0.2) is 43.0 Å². The van der Waals surface area contributed by atoms with Crippen molar-refractivity contribution in [2.24, 2.45) is 11.7 Å². The Morgan fingerprint density at radius 1 is 1.13 bits per heavy atom. The first-order valence-corrected chi connectivity index (χ1v) is 14.7. The molecular formula is C29H28ClF3N10O2. The second-order valence-electron chi connectivity index (χ2n) is 11.1. The lowest BCUT2D eigenvalue weighted by Crippen LogP contribution is -2.51. The zero-order valence-electron chi connectivity index (χ0n) is 23.8. The first-order chi connectivity index (χ1) is 21.5. The van der Waals surface area contributed by atoms with E-state index in [-0.39, 0.29) is 58.1 Å². The third-order valence-corrected chi connectivity index (χ3v) is 8.44. The van der Waals surface area contributed by atoms with Crippen molar-refractivity contribution in [1.82, 2.24) is 33.9 Å². The van der Waals surface area contributed by atoms with Gasteiger partial charge in [0.2, 0.25) is 5.91 Å².